The van der Waals surface area contributed by atoms with E-state index in [9.17, 15) is 0 Å². The smallest absolute Gasteiger partial charge is 0.252 e. The molecule has 0 saturated carbocycles. The fraction of sp³-hybridized carbons (Fsp3) is 0.125. The molecule has 0 aliphatic rings. The number of nitrogens with two attached hydrogens (primary N) is 1. The van der Waals surface area contributed by atoms with E-state index < -0.39 is 5.54 Å². The lowest BCUT2D eigenvalue weighted by atomic mass is 9.95. The van der Waals surface area contributed by atoms with Gasteiger partial charge in [-0.2, -0.15) is 0 Å². The first-order chi connectivity index (χ1) is 14.0. The highest BCUT2D eigenvalue weighted by Gasteiger charge is 2.25. The molecule has 0 aliphatic carbocycles. The van der Waals surface area contributed by atoms with Crippen LogP contribution in [0.3, 0.4) is 0 Å². The summed E-state index contributed by atoms with van der Waals surface area (Å²) >= 11 is 0. The Bertz CT molecular complexity index is 1210. The Hall–Kier alpha value is -3.91. The highest BCUT2D eigenvalue weighted by atomic mass is 14.9. The molecule has 2 heterocycles. The van der Waals surface area contributed by atoms with Crippen LogP contribution < -0.4 is 11.1 Å². The van der Waals surface area contributed by atoms with E-state index in [4.69, 9.17) is 12.3 Å². The first kappa shape index (κ1) is 18.5. The van der Waals surface area contributed by atoms with Gasteiger partial charge in [0.25, 0.3) is 5.54 Å². The Labute approximate surface area is 170 Å². The summed E-state index contributed by atoms with van der Waals surface area (Å²) in [5.41, 5.74) is 11.9. The van der Waals surface area contributed by atoms with E-state index in [0.29, 0.717) is 5.69 Å². The molecule has 5 nitrogen and oxygen atoms in total. The maximum absolute atomic E-state index is 7.37. The second kappa shape index (κ2) is 7.25. The quantitative estimate of drug-likeness (QED) is 0.441. The minimum absolute atomic E-state index is 0.542. The van der Waals surface area contributed by atoms with Crippen molar-refractivity contribution in [3.8, 4) is 11.1 Å². The fourth-order valence-electron chi connectivity index (χ4n) is 3.23. The number of aromatic nitrogens is 2. The van der Waals surface area contributed by atoms with Crippen molar-refractivity contribution >= 4 is 28.0 Å². The predicted octanol–water partition coefficient (Wildman–Crippen LogP) is 5.78. The zero-order valence-corrected chi connectivity index (χ0v) is 16.3. The van der Waals surface area contributed by atoms with Crippen LogP contribution in [0.1, 0.15) is 19.4 Å². The molecule has 0 radical (unpaired) electrons. The van der Waals surface area contributed by atoms with Gasteiger partial charge < -0.3 is 15.9 Å². The maximum Gasteiger partial charge on any atom is 0.252 e. The van der Waals surface area contributed by atoms with Crippen LogP contribution in [-0.2, 0) is 5.54 Å². The van der Waals surface area contributed by atoms with Gasteiger partial charge in [0.15, 0.2) is 0 Å². The number of nitrogens with zero attached hydrogens (tertiary/aromatic N) is 3. The standard InChI is InChI=1S/C24H21N5/c1-24(2,26-3)18-7-9-19(10-8-18)29-23-20-13-16(17-5-4-12-27-14-17)6-11-22(20)28-15-21(23)25/h4-15H,25H2,1-2H3,(H,28,29). The lowest BCUT2D eigenvalue weighted by Crippen LogP contribution is -2.10. The lowest BCUT2D eigenvalue weighted by Gasteiger charge is -2.15. The van der Waals surface area contributed by atoms with Crippen LogP contribution in [0.4, 0.5) is 17.1 Å². The largest absolute Gasteiger partial charge is 0.396 e. The molecule has 0 aliphatic heterocycles. The Balaban J connectivity index is 1.75. The summed E-state index contributed by atoms with van der Waals surface area (Å²) in [6, 6.07) is 17.9. The van der Waals surface area contributed by atoms with Crippen LogP contribution in [0.5, 0.6) is 0 Å². The second-order valence-corrected chi connectivity index (χ2v) is 7.44. The van der Waals surface area contributed by atoms with Gasteiger partial charge in [-0.05, 0) is 48.0 Å². The van der Waals surface area contributed by atoms with Crippen molar-refractivity contribution in [2.45, 2.75) is 19.4 Å². The van der Waals surface area contributed by atoms with Gasteiger partial charge in [0.05, 0.1) is 23.1 Å². The molecule has 142 valence electrons. The topological polar surface area (TPSA) is 68.2 Å². The monoisotopic (exact) mass is 379 g/mol. The summed E-state index contributed by atoms with van der Waals surface area (Å²) < 4.78 is 0. The number of pyridine rings is 2. The number of rotatable bonds is 4. The highest BCUT2D eigenvalue weighted by molar-refractivity contribution is 6.00. The molecule has 2 aromatic heterocycles. The minimum atomic E-state index is -0.542. The Morgan fingerprint density at radius 3 is 2.48 bits per heavy atom. The predicted molar refractivity (Wildman–Crippen MR) is 119 cm³/mol. The number of hydrogen-bond acceptors (Lipinski definition) is 4. The van der Waals surface area contributed by atoms with Crippen LogP contribution in [0, 0.1) is 6.57 Å². The van der Waals surface area contributed by atoms with Crippen molar-refractivity contribution in [2.24, 2.45) is 0 Å². The van der Waals surface area contributed by atoms with Crippen molar-refractivity contribution in [2.75, 3.05) is 11.1 Å². The number of hydrogen-bond donors (Lipinski definition) is 2. The minimum Gasteiger partial charge on any atom is -0.396 e. The Morgan fingerprint density at radius 2 is 1.79 bits per heavy atom. The van der Waals surface area contributed by atoms with Gasteiger partial charge in [0.1, 0.15) is 0 Å². The number of fused-ring (bicyclic) bond motifs is 1. The SMILES string of the molecule is [C-]#[N+]C(C)(C)c1ccc(Nc2c(N)cnc3ccc(-c4cccnc4)cc23)cc1. The molecule has 0 unspecified atom stereocenters. The normalized spacial score (nSPS) is 11.2. The van der Waals surface area contributed by atoms with Gasteiger partial charge in [0, 0.05) is 48.4 Å². The number of benzene rings is 2. The van der Waals surface area contributed by atoms with E-state index in [1.165, 1.54) is 0 Å². The van der Waals surface area contributed by atoms with Gasteiger partial charge >= 0.3 is 0 Å². The van der Waals surface area contributed by atoms with Gasteiger partial charge in [-0.25, -0.2) is 6.57 Å². The fourth-order valence-corrected chi connectivity index (χ4v) is 3.23. The van der Waals surface area contributed by atoms with Crippen molar-refractivity contribution in [1.29, 1.82) is 0 Å². The molecule has 2 aromatic carbocycles. The Kier molecular flexibility index (Phi) is 4.61. The molecule has 29 heavy (non-hydrogen) atoms. The van der Waals surface area contributed by atoms with Crippen molar-refractivity contribution in [3.05, 3.63) is 90.2 Å². The summed E-state index contributed by atoms with van der Waals surface area (Å²) in [6.07, 6.45) is 5.27. The molecule has 5 heteroatoms. The average Bonchev–Trinajstić information content (AvgIpc) is 2.76. The molecular formula is C24H21N5. The summed E-state index contributed by atoms with van der Waals surface area (Å²) in [7, 11) is 0. The third kappa shape index (κ3) is 3.61. The Morgan fingerprint density at radius 1 is 1.00 bits per heavy atom. The van der Waals surface area contributed by atoms with Crippen molar-refractivity contribution < 1.29 is 0 Å². The highest BCUT2D eigenvalue weighted by Crippen LogP contribution is 2.34. The van der Waals surface area contributed by atoms with Crippen LogP contribution in [0.2, 0.25) is 0 Å². The average molecular weight is 379 g/mol. The van der Waals surface area contributed by atoms with E-state index >= 15 is 0 Å². The van der Waals surface area contributed by atoms with E-state index in [1.807, 2.05) is 68.6 Å². The van der Waals surface area contributed by atoms with Gasteiger partial charge in [-0.3, -0.25) is 9.97 Å². The molecule has 0 fully saturated rings. The van der Waals surface area contributed by atoms with Gasteiger partial charge in [-0.1, -0.05) is 12.1 Å². The molecule has 0 spiro atoms. The first-order valence-electron chi connectivity index (χ1n) is 9.33. The summed E-state index contributed by atoms with van der Waals surface area (Å²) in [6.45, 7) is 11.2. The third-order valence-electron chi connectivity index (χ3n) is 5.03. The molecule has 0 amide bonds. The number of anilines is 3. The first-order valence-corrected chi connectivity index (χ1v) is 9.33. The van der Waals surface area contributed by atoms with E-state index in [2.05, 4.69) is 26.2 Å². The molecule has 3 N–H and O–H groups in total. The van der Waals surface area contributed by atoms with Crippen LogP contribution in [0.25, 0.3) is 26.9 Å². The van der Waals surface area contributed by atoms with Crippen LogP contribution >= 0.6 is 0 Å². The molecule has 0 atom stereocenters. The second-order valence-electron chi connectivity index (χ2n) is 7.44. The number of nitrogens with one attached hydrogen (secondary N) is 1. The van der Waals surface area contributed by atoms with Crippen LogP contribution in [-0.4, -0.2) is 9.97 Å². The van der Waals surface area contributed by atoms with Gasteiger partial charge in [0.2, 0.25) is 0 Å². The molecule has 0 saturated heterocycles. The molecule has 4 aromatic rings. The molecule has 0 bridgehead atoms. The third-order valence-corrected chi connectivity index (χ3v) is 5.03. The zero-order valence-electron chi connectivity index (χ0n) is 16.3. The summed E-state index contributed by atoms with van der Waals surface area (Å²) in [5, 5.41) is 4.37. The van der Waals surface area contributed by atoms with Gasteiger partial charge in [-0.15, -0.1) is 0 Å². The van der Waals surface area contributed by atoms with E-state index in [0.717, 1.165) is 39.0 Å². The van der Waals surface area contributed by atoms with Crippen LogP contribution in [0.15, 0.2) is 73.2 Å². The van der Waals surface area contributed by atoms with E-state index in [-0.39, 0.29) is 0 Å². The lowest BCUT2D eigenvalue weighted by molar-refractivity contribution is 0.664. The molecular weight excluding hydrogens is 358 g/mol. The summed E-state index contributed by atoms with van der Waals surface area (Å²) in [4.78, 5) is 12.4. The van der Waals surface area contributed by atoms with Crippen molar-refractivity contribution in [1.82, 2.24) is 9.97 Å². The summed E-state index contributed by atoms with van der Waals surface area (Å²) in [5.74, 6) is 0. The number of nitrogen functional groups attached to an aromatic ring is 1. The van der Waals surface area contributed by atoms with Crippen molar-refractivity contribution in [3.63, 3.8) is 0 Å². The zero-order chi connectivity index (χ0) is 20.4. The molecule has 4 rings (SSSR count). The maximum atomic E-state index is 7.37. The van der Waals surface area contributed by atoms with E-state index in [1.54, 1.807) is 12.4 Å².